The van der Waals surface area contributed by atoms with E-state index < -0.39 is 0 Å². The van der Waals surface area contributed by atoms with E-state index in [-0.39, 0.29) is 6.04 Å². The van der Waals surface area contributed by atoms with E-state index in [1.807, 2.05) is 18.2 Å². The van der Waals surface area contributed by atoms with E-state index in [1.165, 1.54) is 0 Å². The molecule has 2 aromatic rings. The molecule has 1 aromatic carbocycles. The highest BCUT2D eigenvalue weighted by atomic mass is 35.5. The van der Waals surface area contributed by atoms with Gasteiger partial charge in [0, 0.05) is 12.0 Å². The van der Waals surface area contributed by atoms with E-state index >= 15 is 0 Å². The minimum atomic E-state index is 0.174. The fourth-order valence-corrected chi connectivity index (χ4v) is 3.35. The molecule has 0 saturated carbocycles. The van der Waals surface area contributed by atoms with Crippen LogP contribution in [0, 0.1) is 0 Å². The molecule has 16 heavy (non-hydrogen) atoms. The predicted molar refractivity (Wildman–Crippen MR) is 69.1 cm³/mol. The average Bonchev–Trinajstić information content (AvgIpc) is 2.84. The van der Waals surface area contributed by atoms with Gasteiger partial charge in [0.25, 0.3) is 0 Å². The average molecular weight is 251 g/mol. The van der Waals surface area contributed by atoms with Gasteiger partial charge in [-0.25, -0.2) is 4.98 Å². The quantitative estimate of drug-likeness (QED) is 0.789. The van der Waals surface area contributed by atoms with Crippen LogP contribution >= 0.6 is 22.9 Å². The van der Waals surface area contributed by atoms with Crippen LogP contribution in [-0.4, -0.2) is 11.0 Å². The van der Waals surface area contributed by atoms with Gasteiger partial charge in [0.2, 0.25) is 0 Å². The molecule has 0 saturated heterocycles. The summed E-state index contributed by atoms with van der Waals surface area (Å²) in [5.41, 5.74) is 6.84. The van der Waals surface area contributed by atoms with Crippen LogP contribution in [0.5, 0.6) is 0 Å². The number of hydrogen-bond donors (Lipinski definition) is 1. The Morgan fingerprint density at radius 1 is 1.38 bits per heavy atom. The number of halogens is 1. The van der Waals surface area contributed by atoms with E-state index in [0.717, 1.165) is 26.7 Å². The minimum absolute atomic E-state index is 0.174. The summed E-state index contributed by atoms with van der Waals surface area (Å²) in [5.74, 6) is 0.364. The number of benzene rings is 1. The highest BCUT2D eigenvalue weighted by Crippen LogP contribution is 2.36. The lowest BCUT2D eigenvalue weighted by molar-refractivity contribution is 0.708. The van der Waals surface area contributed by atoms with Crippen LogP contribution in [0.2, 0.25) is 5.02 Å². The Kier molecular flexibility index (Phi) is 2.46. The van der Waals surface area contributed by atoms with Crippen molar-refractivity contribution in [1.82, 2.24) is 4.98 Å². The summed E-state index contributed by atoms with van der Waals surface area (Å²) < 4.78 is 1.08. The van der Waals surface area contributed by atoms with E-state index in [1.54, 1.807) is 11.3 Å². The molecule has 0 fully saturated rings. The lowest BCUT2D eigenvalue weighted by atomic mass is 10.1. The maximum Gasteiger partial charge on any atom is 0.101 e. The maximum atomic E-state index is 6.13. The fraction of sp³-hybridized carbons (Fsp3) is 0.250. The normalized spacial score (nSPS) is 24.4. The summed E-state index contributed by atoms with van der Waals surface area (Å²) in [4.78, 5) is 4.62. The summed E-state index contributed by atoms with van der Waals surface area (Å²) in [6, 6.07) is 6.01. The van der Waals surface area contributed by atoms with E-state index in [4.69, 9.17) is 17.3 Å². The zero-order chi connectivity index (χ0) is 11.1. The Morgan fingerprint density at radius 3 is 2.94 bits per heavy atom. The van der Waals surface area contributed by atoms with Crippen molar-refractivity contribution in [2.75, 3.05) is 0 Å². The molecule has 0 bridgehead atoms. The van der Waals surface area contributed by atoms with Gasteiger partial charge in [-0.1, -0.05) is 29.8 Å². The predicted octanol–water partition coefficient (Wildman–Crippen LogP) is 3.32. The summed E-state index contributed by atoms with van der Waals surface area (Å²) >= 11 is 7.81. The number of aromatic nitrogens is 1. The first-order valence-corrected chi connectivity index (χ1v) is 6.42. The number of fused-ring (bicyclic) bond motifs is 1. The van der Waals surface area contributed by atoms with Crippen molar-refractivity contribution in [3.63, 3.8) is 0 Å². The molecule has 1 heterocycles. The van der Waals surface area contributed by atoms with Gasteiger partial charge in [0.05, 0.1) is 15.2 Å². The molecule has 2 unspecified atom stereocenters. The molecular formula is C12H11ClN2S. The summed E-state index contributed by atoms with van der Waals surface area (Å²) in [6.07, 6.45) is 5.16. The molecule has 0 radical (unpaired) electrons. The highest BCUT2D eigenvalue weighted by Gasteiger charge is 2.21. The molecule has 82 valence electrons. The summed E-state index contributed by atoms with van der Waals surface area (Å²) in [7, 11) is 0. The number of nitrogens with two attached hydrogens (primary N) is 1. The van der Waals surface area contributed by atoms with Crippen molar-refractivity contribution >= 4 is 33.2 Å². The molecule has 0 amide bonds. The van der Waals surface area contributed by atoms with Crippen LogP contribution < -0.4 is 5.73 Å². The van der Waals surface area contributed by atoms with Crippen molar-refractivity contribution in [2.24, 2.45) is 5.73 Å². The number of hydrogen-bond acceptors (Lipinski definition) is 3. The first-order chi connectivity index (χ1) is 7.74. The van der Waals surface area contributed by atoms with E-state index in [0.29, 0.717) is 5.92 Å². The van der Waals surface area contributed by atoms with Gasteiger partial charge in [-0.3, -0.25) is 0 Å². The van der Waals surface area contributed by atoms with Crippen LogP contribution in [0.15, 0.2) is 30.4 Å². The molecule has 0 aliphatic heterocycles. The Labute approximate surface area is 103 Å². The van der Waals surface area contributed by atoms with Crippen LogP contribution in [0.4, 0.5) is 0 Å². The monoisotopic (exact) mass is 250 g/mol. The van der Waals surface area contributed by atoms with Crippen LogP contribution in [0.1, 0.15) is 17.3 Å². The number of thiazole rings is 1. The van der Waals surface area contributed by atoms with Gasteiger partial charge >= 0.3 is 0 Å². The third-order valence-corrected chi connectivity index (χ3v) is 4.48. The fourth-order valence-electron chi connectivity index (χ4n) is 2.00. The lowest BCUT2D eigenvalue weighted by Crippen LogP contribution is -2.14. The maximum absolute atomic E-state index is 6.13. The third kappa shape index (κ3) is 1.65. The van der Waals surface area contributed by atoms with E-state index in [9.17, 15) is 0 Å². The molecule has 3 rings (SSSR count). The number of allylic oxidation sites excluding steroid dienone is 1. The Morgan fingerprint density at radius 2 is 2.25 bits per heavy atom. The van der Waals surface area contributed by atoms with Gasteiger partial charge < -0.3 is 5.73 Å². The second-order valence-electron chi connectivity index (χ2n) is 4.03. The van der Waals surface area contributed by atoms with Crippen LogP contribution in [0.25, 0.3) is 10.2 Å². The largest absolute Gasteiger partial charge is 0.324 e. The molecule has 1 aliphatic carbocycles. The molecule has 1 aliphatic rings. The minimum Gasteiger partial charge on any atom is -0.324 e. The zero-order valence-electron chi connectivity index (χ0n) is 8.56. The first-order valence-electron chi connectivity index (χ1n) is 5.23. The standard InChI is InChI=1S/C12H11ClN2S/c13-9-2-1-3-10-11(9)16-12(15-10)7-4-5-8(14)6-7/h1-5,7-8H,6,14H2. The van der Waals surface area contributed by atoms with Crippen molar-refractivity contribution in [1.29, 1.82) is 0 Å². The first kappa shape index (κ1) is 10.3. The smallest absolute Gasteiger partial charge is 0.101 e. The second kappa shape index (κ2) is 3.84. The Balaban J connectivity index is 2.06. The van der Waals surface area contributed by atoms with Gasteiger partial charge in [-0.15, -0.1) is 11.3 Å². The molecular weight excluding hydrogens is 240 g/mol. The van der Waals surface area contributed by atoms with Crippen molar-refractivity contribution < 1.29 is 0 Å². The van der Waals surface area contributed by atoms with Crippen LogP contribution in [-0.2, 0) is 0 Å². The molecule has 2 atom stereocenters. The van der Waals surface area contributed by atoms with Crippen molar-refractivity contribution in [3.8, 4) is 0 Å². The Hall–Kier alpha value is -0.900. The number of rotatable bonds is 1. The lowest BCUT2D eigenvalue weighted by Gasteiger charge is -2.03. The van der Waals surface area contributed by atoms with Gasteiger partial charge in [0.1, 0.15) is 5.01 Å². The van der Waals surface area contributed by atoms with Crippen LogP contribution in [0.3, 0.4) is 0 Å². The molecule has 4 heteroatoms. The van der Waals surface area contributed by atoms with Crippen molar-refractivity contribution in [3.05, 3.63) is 40.4 Å². The van der Waals surface area contributed by atoms with Gasteiger partial charge in [-0.2, -0.15) is 0 Å². The molecule has 0 spiro atoms. The third-order valence-electron chi connectivity index (χ3n) is 2.82. The zero-order valence-corrected chi connectivity index (χ0v) is 10.1. The van der Waals surface area contributed by atoms with Crippen molar-refractivity contribution in [2.45, 2.75) is 18.4 Å². The van der Waals surface area contributed by atoms with E-state index in [2.05, 4.69) is 17.1 Å². The second-order valence-corrected chi connectivity index (χ2v) is 5.47. The highest BCUT2D eigenvalue weighted by molar-refractivity contribution is 7.19. The molecule has 2 nitrogen and oxygen atoms in total. The molecule has 2 N–H and O–H groups in total. The Bertz CT molecular complexity index is 561. The summed E-state index contributed by atoms with van der Waals surface area (Å²) in [5, 5.41) is 1.90. The van der Waals surface area contributed by atoms with Gasteiger partial charge in [0.15, 0.2) is 0 Å². The number of nitrogens with zero attached hydrogens (tertiary/aromatic N) is 1. The topological polar surface area (TPSA) is 38.9 Å². The summed E-state index contributed by atoms with van der Waals surface area (Å²) in [6.45, 7) is 0. The molecule has 1 aromatic heterocycles. The van der Waals surface area contributed by atoms with Gasteiger partial charge in [-0.05, 0) is 18.6 Å². The SMILES string of the molecule is NC1C=CC(c2nc3cccc(Cl)c3s2)C1.